The summed E-state index contributed by atoms with van der Waals surface area (Å²) in [5.41, 5.74) is 6.45. The van der Waals surface area contributed by atoms with Gasteiger partial charge in [0.25, 0.3) is 0 Å². The number of likely N-dealkylation sites (N-methyl/N-ethyl adjacent to an activating group) is 1. The van der Waals surface area contributed by atoms with E-state index in [0.717, 1.165) is 38.1 Å². The van der Waals surface area contributed by atoms with Crippen molar-refractivity contribution >= 4 is 0 Å². The summed E-state index contributed by atoms with van der Waals surface area (Å²) in [4.78, 5) is 2.52. The van der Waals surface area contributed by atoms with Gasteiger partial charge in [-0.1, -0.05) is 20.8 Å². The summed E-state index contributed by atoms with van der Waals surface area (Å²) >= 11 is 0. The molecule has 0 aromatic heterocycles. The van der Waals surface area contributed by atoms with E-state index in [2.05, 4.69) is 32.7 Å². The highest BCUT2D eigenvalue weighted by molar-refractivity contribution is 4.90. The van der Waals surface area contributed by atoms with Crippen molar-refractivity contribution < 1.29 is 4.74 Å². The summed E-state index contributed by atoms with van der Waals surface area (Å²) < 4.78 is 5.81. The molecule has 21 heavy (non-hydrogen) atoms. The SMILES string of the molecule is CN(CCOCC1CC1)C1CC(C(C)(C)C)CCC1CN. The molecule has 0 aromatic rings. The second-order valence-corrected chi connectivity index (χ2v) is 8.44. The third-order valence-electron chi connectivity index (χ3n) is 5.69. The average molecular weight is 296 g/mol. The topological polar surface area (TPSA) is 38.5 Å². The molecule has 2 aliphatic rings. The molecular formula is C18H36N2O. The summed E-state index contributed by atoms with van der Waals surface area (Å²) in [6.45, 7) is 10.9. The molecule has 3 nitrogen and oxygen atoms in total. The standard InChI is InChI=1S/C18H36N2O/c1-18(2,3)16-8-7-15(12-19)17(11-16)20(4)9-10-21-13-14-5-6-14/h14-17H,5-13,19H2,1-4H3. The highest BCUT2D eigenvalue weighted by atomic mass is 16.5. The number of hydrogen-bond acceptors (Lipinski definition) is 3. The predicted octanol–water partition coefficient (Wildman–Crippen LogP) is 3.13. The lowest BCUT2D eigenvalue weighted by Crippen LogP contribution is -2.48. The van der Waals surface area contributed by atoms with Crippen LogP contribution in [0.4, 0.5) is 0 Å². The van der Waals surface area contributed by atoms with Crippen molar-refractivity contribution in [2.45, 2.75) is 58.9 Å². The molecule has 2 fully saturated rings. The fourth-order valence-electron chi connectivity index (χ4n) is 3.72. The van der Waals surface area contributed by atoms with Crippen molar-refractivity contribution in [3.8, 4) is 0 Å². The highest BCUT2D eigenvalue weighted by Gasteiger charge is 2.36. The van der Waals surface area contributed by atoms with E-state index in [4.69, 9.17) is 10.5 Å². The molecule has 2 rings (SSSR count). The van der Waals surface area contributed by atoms with E-state index in [9.17, 15) is 0 Å². The summed E-state index contributed by atoms with van der Waals surface area (Å²) in [7, 11) is 2.26. The Morgan fingerprint density at radius 1 is 1.14 bits per heavy atom. The molecule has 2 aliphatic carbocycles. The van der Waals surface area contributed by atoms with Crippen LogP contribution in [0, 0.1) is 23.2 Å². The maximum Gasteiger partial charge on any atom is 0.0593 e. The van der Waals surface area contributed by atoms with Crippen molar-refractivity contribution in [1.29, 1.82) is 0 Å². The van der Waals surface area contributed by atoms with E-state index in [0.29, 0.717) is 17.4 Å². The minimum absolute atomic E-state index is 0.418. The van der Waals surface area contributed by atoms with Crippen LogP contribution < -0.4 is 5.73 Å². The molecule has 0 amide bonds. The lowest BCUT2D eigenvalue weighted by atomic mass is 9.67. The molecule has 0 aromatic carbocycles. The average Bonchev–Trinajstić information content (AvgIpc) is 3.25. The van der Waals surface area contributed by atoms with Gasteiger partial charge in [-0.3, -0.25) is 0 Å². The predicted molar refractivity (Wildman–Crippen MR) is 89.3 cm³/mol. The molecule has 2 saturated carbocycles. The molecule has 124 valence electrons. The third-order valence-corrected chi connectivity index (χ3v) is 5.69. The zero-order chi connectivity index (χ0) is 15.5. The fourth-order valence-corrected chi connectivity index (χ4v) is 3.72. The van der Waals surface area contributed by atoms with E-state index in [-0.39, 0.29) is 0 Å². The molecule has 3 unspecified atom stereocenters. The molecular weight excluding hydrogens is 260 g/mol. The van der Waals surface area contributed by atoms with Gasteiger partial charge in [0, 0.05) is 19.2 Å². The van der Waals surface area contributed by atoms with Crippen molar-refractivity contribution in [1.82, 2.24) is 4.90 Å². The first-order valence-electron chi connectivity index (χ1n) is 8.90. The summed E-state index contributed by atoms with van der Waals surface area (Å²) in [5, 5.41) is 0. The summed E-state index contributed by atoms with van der Waals surface area (Å²) in [5.74, 6) is 2.35. The number of nitrogens with zero attached hydrogens (tertiary/aromatic N) is 1. The minimum Gasteiger partial charge on any atom is -0.380 e. The molecule has 3 atom stereocenters. The number of ether oxygens (including phenoxy) is 1. The van der Waals surface area contributed by atoms with Gasteiger partial charge in [0.2, 0.25) is 0 Å². The van der Waals surface area contributed by atoms with Crippen LogP contribution >= 0.6 is 0 Å². The Morgan fingerprint density at radius 3 is 2.43 bits per heavy atom. The van der Waals surface area contributed by atoms with Crippen molar-refractivity contribution in [2.24, 2.45) is 28.9 Å². The van der Waals surface area contributed by atoms with Crippen LogP contribution in [0.5, 0.6) is 0 Å². The fraction of sp³-hybridized carbons (Fsp3) is 1.00. The Labute approximate surface area is 131 Å². The van der Waals surface area contributed by atoms with Crippen LogP contribution in [0.1, 0.15) is 52.9 Å². The molecule has 2 N–H and O–H groups in total. The van der Waals surface area contributed by atoms with Gasteiger partial charge in [0.1, 0.15) is 0 Å². The number of nitrogens with two attached hydrogens (primary N) is 1. The van der Waals surface area contributed by atoms with Gasteiger partial charge in [0.05, 0.1) is 6.61 Å². The third kappa shape index (κ3) is 5.22. The molecule has 0 saturated heterocycles. The normalized spacial score (nSPS) is 30.9. The van der Waals surface area contributed by atoms with E-state index in [1.807, 2.05) is 0 Å². The summed E-state index contributed by atoms with van der Waals surface area (Å²) in [6, 6.07) is 0.637. The first-order chi connectivity index (χ1) is 9.91. The maximum absolute atomic E-state index is 6.03. The summed E-state index contributed by atoms with van der Waals surface area (Å²) in [6.07, 6.45) is 6.68. The number of hydrogen-bond donors (Lipinski definition) is 1. The van der Waals surface area contributed by atoms with Gasteiger partial charge in [-0.15, -0.1) is 0 Å². The van der Waals surface area contributed by atoms with Crippen LogP contribution in [0.25, 0.3) is 0 Å². The van der Waals surface area contributed by atoms with Crippen LogP contribution in [0.15, 0.2) is 0 Å². The first kappa shape index (κ1) is 17.2. The van der Waals surface area contributed by atoms with Gasteiger partial charge in [0.15, 0.2) is 0 Å². The highest BCUT2D eigenvalue weighted by Crippen LogP contribution is 2.41. The van der Waals surface area contributed by atoms with E-state index in [1.54, 1.807) is 0 Å². The minimum atomic E-state index is 0.418. The Bertz CT molecular complexity index is 309. The second-order valence-electron chi connectivity index (χ2n) is 8.44. The largest absolute Gasteiger partial charge is 0.380 e. The molecule has 0 heterocycles. The number of rotatable bonds is 7. The van der Waals surface area contributed by atoms with Gasteiger partial charge in [-0.25, -0.2) is 0 Å². The van der Waals surface area contributed by atoms with Gasteiger partial charge in [-0.2, -0.15) is 0 Å². The Balaban J connectivity index is 1.80. The van der Waals surface area contributed by atoms with Crippen LogP contribution in [-0.4, -0.2) is 44.3 Å². The van der Waals surface area contributed by atoms with E-state index < -0.39 is 0 Å². The second kappa shape index (κ2) is 7.43. The van der Waals surface area contributed by atoms with Crippen LogP contribution in [-0.2, 0) is 4.74 Å². The molecule has 0 bridgehead atoms. The van der Waals surface area contributed by atoms with E-state index >= 15 is 0 Å². The Morgan fingerprint density at radius 2 is 1.86 bits per heavy atom. The first-order valence-corrected chi connectivity index (χ1v) is 8.90. The molecule has 3 heteroatoms. The lowest BCUT2D eigenvalue weighted by molar-refractivity contribution is 0.0355. The zero-order valence-electron chi connectivity index (χ0n) is 14.6. The van der Waals surface area contributed by atoms with Gasteiger partial charge >= 0.3 is 0 Å². The van der Waals surface area contributed by atoms with Crippen molar-refractivity contribution in [3.63, 3.8) is 0 Å². The quantitative estimate of drug-likeness (QED) is 0.734. The molecule has 0 radical (unpaired) electrons. The van der Waals surface area contributed by atoms with Crippen LogP contribution in [0.2, 0.25) is 0 Å². The smallest absolute Gasteiger partial charge is 0.0593 e. The maximum atomic E-state index is 6.03. The van der Waals surface area contributed by atoms with Crippen molar-refractivity contribution in [2.75, 3.05) is 33.4 Å². The molecule has 0 spiro atoms. The van der Waals surface area contributed by atoms with Crippen molar-refractivity contribution in [3.05, 3.63) is 0 Å². The van der Waals surface area contributed by atoms with Crippen LogP contribution in [0.3, 0.4) is 0 Å². The molecule has 0 aliphatic heterocycles. The lowest BCUT2D eigenvalue weighted by Gasteiger charge is -2.45. The monoisotopic (exact) mass is 296 g/mol. The Kier molecular flexibility index (Phi) is 6.10. The zero-order valence-corrected chi connectivity index (χ0v) is 14.6. The van der Waals surface area contributed by atoms with E-state index in [1.165, 1.54) is 32.1 Å². The Hall–Kier alpha value is -0.120. The van der Waals surface area contributed by atoms with Gasteiger partial charge < -0.3 is 15.4 Å². The van der Waals surface area contributed by atoms with Gasteiger partial charge in [-0.05, 0) is 68.9 Å².